The van der Waals surface area contributed by atoms with Crippen molar-refractivity contribution in [3.05, 3.63) is 38.0 Å². The molecular formula is C15H18N2O3S3. The lowest BCUT2D eigenvalue weighted by atomic mass is 10.2. The molecule has 124 valence electrons. The highest BCUT2D eigenvalue weighted by molar-refractivity contribution is 7.91. The van der Waals surface area contributed by atoms with Crippen LogP contribution in [0, 0.1) is 13.8 Å². The molecule has 1 aliphatic rings. The predicted molar refractivity (Wildman–Crippen MR) is 93.0 cm³/mol. The summed E-state index contributed by atoms with van der Waals surface area (Å²) in [6.45, 7) is 4.39. The first-order valence-corrected chi connectivity index (χ1v) is 10.8. The number of amides is 1. The van der Waals surface area contributed by atoms with Crippen LogP contribution >= 0.6 is 22.7 Å². The summed E-state index contributed by atoms with van der Waals surface area (Å²) in [5.74, 6) is -0.0897. The molecule has 8 heteroatoms. The van der Waals surface area contributed by atoms with Crippen LogP contribution < -0.4 is 0 Å². The minimum Gasteiger partial charge on any atom is -0.337 e. The number of rotatable bonds is 2. The molecule has 0 bridgehead atoms. The number of hydrogen-bond donors (Lipinski definition) is 0. The minimum absolute atomic E-state index is 0.0120. The van der Waals surface area contributed by atoms with Crippen molar-refractivity contribution in [1.82, 2.24) is 9.88 Å². The molecule has 0 saturated carbocycles. The van der Waals surface area contributed by atoms with Gasteiger partial charge in [0, 0.05) is 18.0 Å². The Morgan fingerprint density at radius 3 is 2.74 bits per heavy atom. The van der Waals surface area contributed by atoms with Crippen LogP contribution in [0.15, 0.2) is 17.5 Å². The Balaban J connectivity index is 1.83. The largest absolute Gasteiger partial charge is 0.337 e. The number of hydrogen-bond acceptors (Lipinski definition) is 6. The Bertz CT molecular complexity index is 809. The lowest BCUT2D eigenvalue weighted by Crippen LogP contribution is -2.33. The molecule has 1 fully saturated rings. The number of carbonyl (C=O) groups is 1. The van der Waals surface area contributed by atoms with E-state index < -0.39 is 15.1 Å². The van der Waals surface area contributed by atoms with Gasteiger partial charge in [0.1, 0.15) is 4.88 Å². The van der Waals surface area contributed by atoms with Crippen LogP contribution in [0.4, 0.5) is 0 Å². The Morgan fingerprint density at radius 1 is 1.35 bits per heavy atom. The monoisotopic (exact) mass is 370 g/mol. The topological polar surface area (TPSA) is 67.3 Å². The molecule has 2 aromatic heterocycles. The molecule has 3 heterocycles. The summed E-state index contributed by atoms with van der Waals surface area (Å²) >= 11 is 2.83. The summed E-state index contributed by atoms with van der Waals surface area (Å²) in [6, 6.07) is 3.73. The predicted octanol–water partition coefficient (Wildman–Crippen LogP) is 2.82. The Kier molecular flexibility index (Phi) is 4.57. The molecule has 1 aliphatic heterocycles. The van der Waals surface area contributed by atoms with Crippen LogP contribution in [0.5, 0.6) is 0 Å². The van der Waals surface area contributed by atoms with Crippen molar-refractivity contribution in [2.75, 3.05) is 18.8 Å². The Morgan fingerprint density at radius 2 is 2.13 bits per heavy atom. The third-order valence-corrected chi connectivity index (χ3v) is 8.29. The zero-order chi connectivity index (χ0) is 16.6. The van der Waals surface area contributed by atoms with Crippen LogP contribution in [0.1, 0.15) is 36.9 Å². The highest BCUT2D eigenvalue weighted by atomic mass is 32.2. The third kappa shape index (κ3) is 3.34. The quantitative estimate of drug-likeness (QED) is 0.815. The molecule has 1 atom stereocenters. The molecule has 0 spiro atoms. The van der Waals surface area contributed by atoms with Gasteiger partial charge in [-0.2, -0.15) is 0 Å². The normalized spacial score (nSPS) is 21.1. The van der Waals surface area contributed by atoms with E-state index in [1.54, 1.807) is 4.90 Å². The van der Waals surface area contributed by atoms with E-state index in [0.717, 1.165) is 15.6 Å². The fraction of sp³-hybridized carbons (Fsp3) is 0.467. The Hall–Kier alpha value is -1.25. The summed E-state index contributed by atoms with van der Waals surface area (Å²) < 4.78 is 25.1. The van der Waals surface area contributed by atoms with Crippen LogP contribution in [-0.2, 0) is 9.84 Å². The van der Waals surface area contributed by atoms with E-state index in [9.17, 15) is 13.2 Å². The molecule has 1 amide bonds. The van der Waals surface area contributed by atoms with Gasteiger partial charge in [0.25, 0.3) is 5.91 Å². The summed E-state index contributed by atoms with van der Waals surface area (Å²) in [6.07, 6.45) is 0.450. The van der Waals surface area contributed by atoms with E-state index in [1.165, 1.54) is 22.7 Å². The SMILES string of the molecule is Cc1nc(C)c(C(=O)N2CCC(c3cccs3)S(=O)(=O)CC2)s1. The van der Waals surface area contributed by atoms with E-state index in [1.807, 2.05) is 31.4 Å². The smallest absolute Gasteiger partial charge is 0.265 e. The summed E-state index contributed by atoms with van der Waals surface area (Å²) in [5, 5.41) is 2.25. The van der Waals surface area contributed by atoms with Crippen LogP contribution in [0.25, 0.3) is 0 Å². The van der Waals surface area contributed by atoms with E-state index in [-0.39, 0.29) is 18.2 Å². The number of aryl methyl sites for hydroxylation is 2. The van der Waals surface area contributed by atoms with Crippen molar-refractivity contribution in [3.63, 3.8) is 0 Å². The second-order valence-corrected chi connectivity index (χ2v) is 10.1. The lowest BCUT2D eigenvalue weighted by Gasteiger charge is -2.19. The minimum atomic E-state index is -3.23. The fourth-order valence-electron chi connectivity index (χ4n) is 2.81. The van der Waals surface area contributed by atoms with Gasteiger partial charge in [-0.3, -0.25) is 4.79 Å². The molecule has 0 aliphatic carbocycles. The molecule has 0 aromatic carbocycles. The van der Waals surface area contributed by atoms with Gasteiger partial charge in [-0.05, 0) is 31.7 Å². The number of carbonyl (C=O) groups excluding carboxylic acids is 1. The van der Waals surface area contributed by atoms with Gasteiger partial charge < -0.3 is 4.90 Å². The van der Waals surface area contributed by atoms with Crippen molar-refractivity contribution >= 4 is 38.4 Å². The van der Waals surface area contributed by atoms with Gasteiger partial charge in [-0.1, -0.05) is 6.07 Å². The summed E-state index contributed by atoms with van der Waals surface area (Å²) in [4.78, 5) is 20.1. The van der Waals surface area contributed by atoms with Crippen molar-refractivity contribution in [2.45, 2.75) is 25.5 Å². The zero-order valence-electron chi connectivity index (χ0n) is 13.0. The van der Waals surface area contributed by atoms with Crippen LogP contribution in [-0.4, -0.2) is 43.1 Å². The number of nitrogens with zero attached hydrogens (tertiary/aromatic N) is 2. The molecule has 23 heavy (non-hydrogen) atoms. The highest BCUT2D eigenvalue weighted by Gasteiger charge is 2.34. The van der Waals surface area contributed by atoms with Crippen LogP contribution in [0.3, 0.4) is 0 Å². The Labute approximate surface area is 143 Å². The molecule has 1 unspecified atom stereocenters. The van der Waals surface area contributed by atoms with Gasteiger partial charge in [0.2, 0.25) is 0 Å². The van der Waals surface area contributed by atoms with Crippen molar-refractivity contribution in [2.24, 2.45) is 0 Å². The molecule has 2 aromatic rings. The molecule has 0 N–H and O–H groups in total. The van der Waals surface area contributed by atoms with E-state index >= 15 is 0 Å². The molecule has 0 radical (unpaired) electrons. The van der Waals surface area contributed by atoms with Crippen molar-refractivity contribution in [1.29, 1.82) is 0 Å². The number of sulfone groups is 1. The van der Waals surface area contributed by atoms with E-state index in [2.05, 4.69) is 4.98 Å². The zero-order valence-corrected chi connectivity index (χ0v) is 15.4. The summed E-state index contributed by atoms with van der Waals surface area (Å²) in [5.41, 5.74) is 0.722. The van der Waals surface area contributed by atoms with Gasteiger partial charge in [0.05, 0.1) is 21.7 Å². The fourth-order valence-corrected chi connectivity index (χ4v) is 6.71. The molecule has 1 saturated heterocycles. The molecule has 3 rings (SSSR count). The average Bonchev–Trinajstić information content (AvgIpc) is 3.08. The van der Waals surface area contributed by atoms with Gasteiger partial charge >= 0.3 is 0 Å². The van der Waals surface area contributed by atoms with E-state index in [4.69, 9.17) is 0 Å². The number of aromatic nitrogens is 1. The first-order valence-electron chi connectivity index (χ1n) is 7.37. The first-order chi connectivity index (χ1) is 10.9. The van der Waals surface area contributed by atoms with E-state index in [0.29, 0.717) is 17.8 Å². The van der Waals surface area contributed by atoms with Gasteiger partial charge in [0.15, 0.2) is 9.84 Å². The van der Waals surface area contributed by atoms with Gasteiger partial charge in [-0.15, -0.1) is 22.7 Å². The second-order valence-electron chi connectivity index (χ2n) is 5.60. The summed E-state index contributed by atoms with van der Waals surface area (Å²) in [7, 11) is -3.23. The third-order valence-electron chi connectivity index (χ3n) is 3.99. The molecular weight excluding hydrogens is 352 g/mol. The van der Waals surface area contributed by atoms with Crippen molar-refractivity contribution in [3.8, 4) is 0 Å². The maximum absolute atomic E-state index is 12.7. The molecule has 5 nitrogen and oxygen atoms in total. The average molecular weight is 371 g/mol. The van der Waals surface area contributed by atoms with Crippen molar-refractivity contribution < 1.29 is 13.2 Å². The van der Waals surface area contributed by atoms with Gasteiger partial charge in [-0.25, -0.2) is 13.4 Å². The second kappa shape index (κ2) is 6.33. The standard InChI is InChI=1S/C15H18N2O3S3/c1-10-14(22-11(2)16-10)15(18)17-6-5-13(12-4-3-8-21-12)23(19,20)9-7-17/h3-4,8,13H,5-7,9H2,1-2H3. The lowest BCUT2D eigenvalue weighted by molar-refractivity contribution is 0.0770. The van der Waals surface area contributed by atoms with Crippen LogP contribution in [0.2, 0.25) is 0 Å². The first kappa shape index (κ1) is 16.6. The number of thiazole rings is 1. The maximum atomic E-state index is 12.7. The number of thiophene rings is 1. The maximum Gasteiger partial charge on any atom is 0.265 e. The highest BCUT2D eigenvalue weighted by Crippen LogP contribution is 2.33.